The zero-order valence-corrected chi connectivity index (χ0v) is 19.2. The first kappa shape index (κ1) is 23.1. The lowest BCUT2D eigenvalue weighted by Crippen LogP contribution is -2.13. The lowest BCUT2D eigenvalue weighted by molar-refractivity contribution is -0.407. The maximum atomic E-state index is 12.6. The molecule has 0 spiro atoms. The summed E-state index contributed by atoms with van der Waals surface area (Å²) in [5.74, 6) is 0.0139. The van der Waals surface area contributed by atoms with E-state index in [0.29, 0.717) is 22.6 Å². The van der Waals surface area contributed by atoms with Crippen molar-refractivity contribution in [3.63, 3.8) is 0 Å². The molecule has 0 aromatic heterocycles. The second-order valence-corrected chi connectivity index (χ2v) is 7.47. The van der Waals surface area contributed by atoms with Crippen LogP contribution < -0.4 is 14.6 Å². The van der Waals surface area contributed by atoms with Crippen LogP contribution in [0.4, 0.5) is 5.69 Å². The van der Waals surface area contributed by atoms with Gasteiger partial charge in [-0.25, -0.2) is 4.79 Å². The van der Waals surface area contributed by atoms with Gasteiger partial charge >= 0.3 is 5.97 Å². The second kappa shape index (κ2) is 11.2. The van der Waals surface area contributed by atoms with Crippen molar-refractivity contribution >= 4 is 33.8 Å². The van der Waals surface area contributed by atoms with E-state index >= 15 is 0 Å². The molecule has 3 rings (SSSR count). The lowest BCUT2D eigenvalue weighted by atomic mass is 10.2. The van der Waals surface area contributed by atoms with Crippen molar-refractivity contribution in [2.75, 3.05) is 13.7 Å². The molecule has 0 fully saturated rings. The summed E-state index contributed by atoms with van der Waals surface area (Å²) in [7, 11) is 1.56. The normalized spacial score (nSPS) is 11.7. The molecule has 0 radical (unpaired) electrons. The number of para-hydroxylation sites is 1. The van der Waals surface area contributed by atoms with E-state index in [1.165, 1.54) is 6.20 Å². The number of methoxy groups -OCH3 is 1. The number of nitrogens with zero attached hydrogens (tertiary/aromatic N) is 1. The van der Waals surface area contributed by atoms with Gasteiger partial charge in [0.15, 0.2) is 12.4 Å². The Labute approximate surface area is 195 Å². The van der Waals surface area contributed by atoms with E-state index in [1.807, 2.05) is 30.3 Å². The number of benzene rings is 3. The van der Waals surface area contributed by atoms with Crippen LogP contribution in [-0.4, -0.2) is 30.5 Å². The molecule has 164 valence electrons. The van der Waals surface area contributed by atoms with Crippen LogP contribution in [0.25, 0.3) is 0 Å². The first-order valence-electron chi connectivity index (χ1n) is 9.86. The molecule has 3 aromatic rings. The van der Waals surface area contributed by atoms with Crippen LogP contribution in [-0.2, 0) is 4.74 Å². The zero-order valence-electron chi connectivity index (χ0n) is 17.7. The molecule has 0 saturated heterocycles. The molecular formula is C25H22BrNO5. The summed E-state index contributed by atoms with van der Waals surface area (Å²) in [5, 5.41) is 12.1. The maximum absolute atomic E-state index is 12.6. The molecule has 0 aliphatic carbocycles. The molecule has 0 unspecified atom stereocenters. The average Bonchev–Trinajstić information content (AvgIpc) is 2.80. The fourth-order valence-corrected chi connectivity index (χ4v) is 3.07. The van der Waals surface area contributed by atoms with Crippen molar-refractivity contribution < 1.29 is 28.7 Å². The van der Waals surface area contributed by atoms with E-state index < -0.39 is 11.9 Å². The molecule has 0 atom stereocenters. The van der Waals surface area contributed by atoms with Crippen LogP contribution in [0.5, 0.6) is 11.5 Å². The Balaban J connectivity index is 1.96. The lowest BCUT2D eigenvalue weighted by Gasteiger charge is -2.11. The molecule has 6 nitrogen and oxygen atoms in total. The number of esters is 1. The van der Waals surface area contributed by atoms with E-state index in [2.05, 4.69) is 15.9 Å². The summed E-state index contributed by atoms with van der Waals surface area (Å²) < 4.78 is 18.4. The molecule has 7 heteroatoms. The molecular weight excluding hydrogens is 474 g/mol. The van der Waals surface area contributed by atoms with Gasteiger partial charge in [0.1, 0.15) is 17.4 Å². The van der Waals surface area contributed by atoms with Gasteiger partial charge in [-0.05, 0) is 55.1 Å². The first-order valence-corrected chi connectivity index (χ1v) is 10.6. The molecule has 3 aromatic carbocycles. The Hall–Kier alpha value is -3.58. The van der Waals surface area contributed by atoms with Crippen molar-refractivity contribution in [3.05, 3.63) is 101 Å². The number of hydrogen-bond acceptors (Lipinski definition) is 5. The van der Waals surface area contributed by atoms with Gasteiger partial charge in [-0.15, -0.1) is 0 Å². The minimum absolute atomic E-state index is 0.263. The van der Waals surface area contributed by atoms with Crippen LogP contribution in [0.3, 0.4) is 0 Å². The van der Waals surface area contributed by atoms with Crippen LogP contribution >= 0.6 is 15.9 Å². The van der Waals surface area contributed by atoms with Crippen LogP contribution in [0, 0.1) is 0 Å². The highest BCUT2D eigenvalue weighted by Gasteiger charge is 2.15. The number of rotatable bonds is 8. The van der Waals surface area contributed by atoms with E-state index in [1.54, 1.807) is 67.3 Å². The third-order valence-electron chi connectivity index (χ3n) is 4.38. The molecule has 32 heavy (non-hydrogen) atoms. The number of carbonyl (C=O) groups excluding carboxylic acids is 1. The Morgan fingerprint density at radius 3 is 2.38 bits per heavy atom. The van der Waals surface area contributed by atoms with Gasteiger partial charge in [0, 0.05) is 16.6 Å². The predicted molar refractivity (Wildman–Crippen MR) is 123 cm³/mol. The summed E-state index contributed by atoms with van der Waals surface area (Å²) in [6, 6.07) is 21.2. The number of hydrogen-bond donors (Lipinski definition) is 0. The molecule has 0 aliphatic heterocycles. The topological polar surface area (TPSA) is 70.8 Å². The van der Waals surface area contributed by atoms with E-state index in [9.17, 15) is 9.90 Å². The van der Waals surface area contributed by atoms with Crippen LogP contribution in [0.1, 0.15) is 22.8 Å². The number of halogens is 1. The van der Waals surface area contributed by atoms with Crippen molar-refractivity contribution in [3.8, 4) is 11.5 Å². The second-order valence-electron chi connectivity index (χ2n) is 6.55. The van der Waals surface area contributed by atoms with Crippen LogP contribution in [0.15, 0.2) is 89.4 Å². The summed E-state index contributed by atoms with van der Waals surface area (Å²) in [6.07, 6.45) is 3.05. The fourth-order valence-electron chi connectivity index (χ4n) is 2.81. The van der Waals surface area contributed by atoms with E-state index in [-0.39, 0.29) is 6.61 Å². The first-order chi connectivity index (χ1) is 15.5. The SMILES string of the molecule is CCO/C([O-])=C/[N+](=Cc1ccccc1OC(=O)c1ccc(OC)cc1)c1ccc(Br)cc1. The molecule has 0 bridgehead atoms. The Morgan fingerprint density at radius 2 is 1.72 bits per heavy atom. The van der Waals surface area contributed by atoms with Gasteiger partial charge in [-0.1, -0.05) is 35.0 Å². The minimum atomic E-state index is -0.502. The maximum Gasteiger partial charge on any atom is 0.343 e. The Kier molecular flexibility index (Phi) is 8.05. The number of ether oxygens (including phenoxy) is 3. The van der Waals surface area contributed by atoms with Gasteiger partial charge in [-0.2, -0.15) is 4.58 Å². The van der Waals surface area contributed by atoms with Crippen molar-refractivity contribution in [2.45, 2.75) is 6.92 Å². The molecule has 0 saturated carbocycles. The van der Waals surface area contributed by atoms with Crippen LogP contribution in [0.2, 0.25) is 0 Å². The predicted octanol–water partition coefficient (Wildman–Crippen LogP) is 4.64. The smallest absolute Gasteiger partial charge is 0.343 e. The fraction of sp³-hybridized carbons (Fsp3) is 0.120. The number of carbonyl (C=O) groups is 1. The summed E-state index contributed by atoms with van der Waals surface area (Å²) >= 11 is 3.41. The zero-order chi connectivity index (χ0) is 22.9. The quantitative estimate of drug-likeness (QED) is 0.150. The van der Waals surface area contributed by atoms with Crippen molar-refractivity contribution in [1.82, 2.24) is 0 Å². The standard InChI is InChI=1S/C25H22BrNO5/c1-3-31-24(28)17-27(21-12-10-20(26)11-13-21)16-19-6-4-5-7-23(19)32-25(29)18-8-14-22(30-2)15-9-18/h4-17H,3H2,1-2H3/b24-17+,27-16?. The Bertz CT molecular complexity index is 1120. The van der Waals surface area contributed by atoms with Crippen molar-refractivity contribution in [2.24, 2.45) is 0 Å². The summed E-state index contributed by atoms with van der Waals surface area (Å²) in [6.45, 7) is 2.01. The van der Waals surface area contributed by atoms with E-state index in [0.717, 1.165) is 10.2 Å². The molecule has 0 N–H and O–H groups in total. The molecule has 0 aliphatic rings. The highest BCUT2D eigenvalue weighted by atomic mass is 79.9. The third-order valence-corrected chi connectivity index (χ3v) is 4.91. The molecule has 0 amide bonds. The largest absolute Gasteiger partial charge is 0.610 e. The van der Waals surface area contributed by atoms with Gasteiger partial charge in [0.2, 0.25) is 5.69 Å². The van der Waals surface area contributed by atoms with Gasteiger partial charge in [-0.3, -0.25) is 0 Å². The average molecular weight is 496 g/mol. The Morgan fingerprint density at radius 1 is 1.03 bits per heavy atom. The van der Waals surface area contributed by atoms with E-state index in [4.69, 9.17) is 14.2 Å². The van der Waals surface area contributed by atoms with Gasteiger partial charge < -0.3 is 19.3 Å². The summed E-state index contributed by atoms with van der Waals surface area (Å²) in [5.41, 5.74) is 1.74. The minimum Gasteiger partial charge on any atom is -0.610 e. The van der Waals surface area contributed by atoms with Gasteiger partial charge in [0.05, 0.1) is 18.2 Å². The van der Waals surface area contributed by atoms with Gasteiger partial charge in [0.25, 0.3) is 0 Å². The van der Waals surface area contributed by atoms with Crippen molar-refractivity contribution in [1.29, 1.82) is 0 Å². The monoisotopic (exact) mass is 495 g/mol. The molecule has 0 heterocycles. The highest BCUT2D eigenvalue weighted by molar-refractivity contribution is 9.10. The summed E-state index contributed by atoms with van der Waals surface area (Å²) in [4.78, 5) is 12.6. The third kappa shape index (κ3) is 6.21. The highest BCUT2D eigenvalue weighted by Crippen LogP contribution is 2.22.